The fourth-order valence-corrected chi connectivity index (χ4v) is 1.51. The summed E-state index contributed by atoms with van der Waals surface area (Å²) in [7, 11) is 0. The topological polar surface area (TPSA) is 42.2 Å². The van der Waals surface area contributed by atoms with Gasteiger partial charge in [0.2, 0.25) is 0 Å². The predicted octanol–water partition coefficient (Wildman–Crippen LogP) is 4.25. The van der Waals surface area contributed by atoms with Crippen LogP contribution in [0.25, 0.3) is 0 Å². The van der Waals surface area contributed by atoms with Crippen molar-refractivity contribution in [1.82, 2.24) is 0 Å². The normalized spacial score (nSPS) is 10.7. The molecule has 0 aliphatic carbocycles. The van der Waals surface area contributed by atoms with Gasteiger partial charge in [-0.2, -0.15) is 5.26 Å². The third kappa shape index (κ3) is 3.42. The van der Waals surface area contributed by atoms with Crippen LogP contribution < -0.4 is 9.47 Å². The van der Waals surface area contributed by atoms with Gasteiger partial charge < -0.3 is 9.47 Å². The van der Waals surface area contributed by atoms with Crippen LogP contribution in [0.3, 0.4) is 0 Å². The summed E-state index contributed by atoms with van der Waals surface area (Å²) >= 11 is 0. The Kier molecular flexibility index (Phi) is 3.80. The molecule has 0 heterocycles. The second kappa shape index (κ2) is 5.53. The van der Waals surface area contributed by atoms with Crippen LogP contribution in [0.5, 0.6) is 17.2 Å². The lowest BCUT2D eigenvalue weighted by Gasteiger charge is -2.14. The number of nitrogens with zero attached hydrogens (tertiary/aromatic N) is 1. The van der Waals surface area contributed by atoms with Gasteiger partial charge in [-0.3, -0.25) is 0 Å². The van der Waals surface area contributed by atoms with Crippen molar-refractivity contribution in [2.45, 2.75) is 6.36 Å². The van der Waals surface area contributed by atoms with Gasteiger partial charge >= 0.3 is 6.36 Å². The Morgan fingerprint density at radius 2 is 1.40 bits per heavy atom. The molecule has 0 amide bonds. The van der Waals surface area contributed by atoms with E-state index in [0.717, 1.165) is 6.07 Å². The average molecular weight is 279 g/mol. The highest BCUT2D eigenvalue weighted by Gasteiger charge is 2.32. The highest BCUT2D eigenvalue weighted by molar-refractivity contribution is 5.48. The number of rotatable bonds is 3. The van der Waals surface area contributed by atoms with Crippen LogP contribution in [0.2, 0.25) is 0 Å². The van der Waals surface area contributed by atoms with Crippen LogP contribution in [-0.4, -0.2) is 6.36 Å². The Morgan fingerprint density at radius 3 is 2.00 bits per heavy atom. The zero-order valence-electron chi connectivity index (χ0n) is 10.0. The number of ether oxygens (including phenoxy) is 2. The van der Waals surface area contributed by atoms with Crippen LogP contribution in [0.1, 0.15) is 5.56 Å². The maximum Gasteiger partial charge on any atom is 0.573 e. The minimum absolute atomic E-state index is 0.118. The third-order valence-electron chi connectivity index (χ3n) is 2.30. The number of alkyl halides is 3. The Balaban J connectivity index is 2.32. The Labute approximate surface area is 112 Å². The quantitative estimate of drug-likeness (QED) is 0.843. The van der Waals surface area contributed by atoms with E-state index >= 15 is 0 Å². The molecule has 2 aromatic rings. The van der Waals surface area contributed by atoms with Crippen molar-refractivity contribution in [2.24, 2.45) is 0 Å². The van der Waals surface area contributed by atoms with E-state index in [0.29, 0.717) is 0 Å². The molecule has 0 radical (unpaired) electrons. The van der Waals surface area contributed by atoms with Crippen molar-refractivity contribution in [2.75, 3.05) is 0 Å². The second-order valence-electron chi connectivity index (χ2n) is 3.70. The number of hydrogen-bond donors (Lipinski definition) is 0. The standard InChI is InChI=1S/C14H8F3NO2/c15-14(16,17)20-13-8-4-3-7-12(13)19-11-6-2-1-5-10(11)9-18/h1-8H. The molecule has 6 heteroatoms. The van der Waals surface area contributed by atoms with E-state index in [1.165, 1.54) is 30.3 Å². The van der Waals surface area contributed by atoms with Crippen LogP contribution in [0.4, 0.5) is 13.2 Å². The maximum absolute atomic E-state index is 12.3. The Morgan fingerprint density at radius 1 is 0.850 bits per heavy atom. The molecule has 0 fully saturated rings. The molecular formula is C14H8F3NO2. The van der Waals surface area contributed by atoms with E-state index in [9.17, 15) is 13.2 Å². The Hall–Kier alpha value is -2.68. The molecule has 0 unspecified atom stereocenters. The zero-order chi connectivity index (χ0) is 14.6. The van der Waals surface area contributed by atoms with E-state index in [2.05, 4.69) is 4.74 Å². The van der Waals surface area contributed by atoms with Crippen molar-refractivity contribution in [3.63, 3.8) is 0 Å². The first-order valence-corrected chi connectivity index (χ1v) is 5.51. The molecule has 0 N–H and O–H groups in total. The molecule has 2 aromatic carbocycles. The van der Waals surface area contributed by atoms with Crippen LogP contribution in [0.15, 0.2) is 48.5 Å². The van der Waals surface area contributed by atoms with E-state index in [1.807, 2.05) is 6.07 Å². The number of nitriles is 1. The number of para-hydroxylation sites is 3. The predicted molar refractivity (Wildman–Crippen MR) is 64.4 cm³/mol. The molecule has 0 atom stereocenters. The summed E-state index contributed by atoms with van der Waals surface area (Å²) in [5.74, 6) is -0.423. The fraction of sp³-hybridized carbons (Fsp3) is 0.0714. The zero-order valence-corrected chi connectivity index (χ0v) is 10.0. The van der Waals surface area contributed by atoms with Gasteiger partial charge in [-0.05, 0) is 24.3 Å². The molecule has 0 aromatic heterocycles. The monoisotopic (exact) mass is 279 g/mol. The third-order valence-corrected chi connectivity index (χ3v) is 2.30. The smallest absolute Gasteiger partial charge is 0.452 e. The first kappa shape index (κ1) is 13.7. The van der Waals surface area contributed by atoms with Crippen molar-refractivity contribution < 1.29 is 22.6 Å². The minimum atomic E-state index is -4.81. The molecule has 102 valence electrons. The summed E-state index contributed by atoms with van der Waals surface area (Å²) in [6.07, 6.45) is -4.81. The lowest BCUT2D eigenvalue weighted by Crippen LogP contribution is -2.17. The average Bonchev–Trinajstić information content (AvgIpc) is 2.40. The molecule has 3 nitrogen and oxygen atoms in total. The van der Waals surface area contributed by atoms with Crippen LogP contribution in [0, 0.1) is 11.3 Å². The minimum Gasteiger partial charge on any atom is -0.452 e. The van der Waals surface area contributed by atoms with E-state index in [1.54, 1.807) is 12.1 Å². The molecule has 0 aliphatic heterocycles. The van der Waals surface area contributed by atoms with Gasteiger partial charge in [-0.15, -0.1) is 13.2 Å². The van der Waals surface area contributed by atoms with Gasteiger partial charge in [-0.25, -0.2) is 0 Å². The molecule has 20 heavy (non-hydrogen) atoms. The van der Waals surface area contributed by atoms with Crippen LogP contribution in [-0.2, 0) is 0 Å². The van der Waals surface area contributed by atoms with Crippen molar-refractivity contribution in [1.29, 1.82) is 5.26 Å². The molecule has 2 rings (SSSR count). The van der Waals surface area contributed by atoms with Crippen LogP contribution >= 0.6 is 0 Å². The number of halogens is 3. The molecule has 0 bridgehead atoms. The highest BCUT2D eigenvalue weighted by Crippen LogP contribution is 2.35. The highest BCUT2D eigenvalue weighted by atomic mass is 19.4. The van der Waals surface area contributed by atoms with Gasteiger partial charge in [0.15, 0.2) is 11.5 Å². The van der Waals surface area contributed by atoms with Gasteiger partial charge in [0.25, 0.3) is 0 Å². The number of benzene rings is 2. The van der Waals surface area contributed by atoms with E-state index in [4.69, 9.17) is 10.00 Å². The maximum atomic E-state index is 12.3. The first-order valence-electron chi connectivity index (χ1n) is 5.51. The molecule has 0 saturated heterocycles. The van der Waals surface area contributed by atoms with Gasteiger partial charge in [-0.1, -0.05) is 24.3 Å². The van der Waals surface area contributed by atoms with Crippen molar-refractivity contribution in [3.8, 4) is 23.3 Å². The summed E-state index contributed by atoms with van der Waals surface area (Å²) in [6, 6.07) is 13.5. The largest absolute Gasteiger partial charge is 0.573 e. The molecule has 0 aliphatic rings. The number of hydrogen-bond acceptors (Lipinski definition) is 3. The SMILES string of the molecule is N#Cc1ccccc1Oc1ccccc1OC(F)(F)F. The summed E-state index contributed by atoms with van der Waals surface area (Å²) in [5, 5.41) is 8.91. The summed E-state index contributed by atoms with van der Waals surface area (Å²) in [4.78, 5) is 0. The molecule has 0 saturated carbocycles. The van der Waals surface area contributed by atoms with Gasteiger partial charge in [0, 0.05) is 0 Å². The fourth-order valence-electron chi connectivity index (χ4n) is 1.51. The first-order chi connectivity index (χ1) is 9.49. The summed E-state index contributed by atoms with van der Waals surface area (Å²) < 4.78 is 46.0. The van der Waals surface area contributed by atoms with Gasteiger partial charge in [0.05, 0.1) is 5.56 Å². The summed E-state index contributed by atoms with van der Waals surface area (Å²) in [5.41, 5.74) is 0.217. The van der Waals surface area contributed by atoms with Crippen molar-refractivity contribution in [3.05, 3.63) is 54.1 Å². The van der Waals surface area contributed by atoms with Crippen molar-refractivity contribution >= 4 is 0 Å². The molecule has 0 spiro atoms. The second-order valence-corrected chi connectivity index (χ2v) is 3.70. The molecular weight excluding hydrogens is 271 g/mol. The Bertz CT molecular complexity index is 647. The van der Waals surface area contributed by atoms with E-state index in [-0.39, 0.29) is 17.1 Å². The lowest BCUT2D eigenvalue weighted by atomic mass is 10.2. The summed E-state index contributed by atoms with van der Waals surface area (Å²) in [6.45, 7) is 0. The van der Waals surface area contributed by atoms with Gasteiger partial charge in [0.1, 0.15) is 11.8 Å². The lowest BCUT2D eigenvalue weighted by molar-refractivity contribution is -0.275. The van der Waals surface area contributed by atoms with E-state index < -0.39 is 12.1 Å².